The van der Waals surface area contributed by atoms with E-state index in [1.165, 1.54) is 5.56 Å². The van der Waals surface area contributed by atoms with Crippen molar-refractivity contribution in [3.63, 3.8) is 0 Å². The highest BCUT2D eigenvalue weighted by molar-refractivity contribution is 6.30. The van der Waals surface area contributed by atoms with Crippen LogP contribution in [0.4, 0.5) is 0 Å². The molecule has 18 heavy (non-hydrogen) atoms. The molecule has 0 fully saturated rings. The third-order valence-corrected chi connectivity index (χ3v) is 3.21. The van der Waals surface area contributed by atoms with Crippen LogP contribution in [-0.2, 0) is 12.8 Å². The highest BCUT2D eigenvalue weighted by Gasteiger charge is 2.06. The van der Waals surface area contributed by atoms with Crippen molar-refractivity contribution in [1.82, 2.24) is 0 Å². The number of ketones is 1. The molecule has 0 aliphatic heterocycles. The van der Waals surface area contributed by atoms with Gasteiger partial charge in [0.1, 0.15) is 0 Å². The van der Waals surface area contributed by atoms with Crippen molar-refractivity contribution in [3.05, 3.63) is 70.2 Å². The van der Waals surface area contributed by atoms with Gasteiger partial charge in [-0.05, 0) is 41.8 Å². The van der Waals surface area contributed by atoms with Gasteiger partial charge in [-0.2, -0.15) is 0 Å². The lowest BCUT2D eigenvalue weighted by molar-refractivity contribution is 0.0993. The van der Waals surface area contributed by atoms with E-state index in [0.29, 0.717) is 17.0 Å². The van der Waals surface area contributed by atoms with E-state index in [4.69, 9.17) is 11.6 Å². The molecule has 0 aliphatic carbocycles. The van der Waals surface area contributed by atoms with Gasteiger partial charge in [-0.1, -0.05) is 42.8 Å². The molecule has 0 aromatic heterocycles. The highest BCUT2D eigenvalue weighted by atomic mass is 35.5. The summed E-state index contributed by atoms with van der Waals surface area (Å²) < 4.78 is 0. The molecule has 0 radical (unpaired) electrons. The van der Waals surface area contributed by atoms with Gasteiger partial charge in [0.2, 0.25) is 0 Å². The van der Waals surface area contributed by atoms with Crippen LogP contribution in [0.1, 0.15) is 28.4 Å². The summed E-state index contributed by atoms with van der Waals surface area (Å²) >= 11 is 5.80. The maximum atomic E-state index is 12.0. The Bertz CT molecular complexity index is 526. The van der Waals surface area contributed by atoms with E-state index >= 15 is 0 Å². The Kier molecular flexibility index (Phi) is 4.16. The summed E-state index contributed by atoms with van der Waals surface area (Å²) in [5.41, 5.74) is 3.05. The van der Waals surface area contributed by atoms with Gasteiger partial charge in [0.25, 0.3) is 0 Å². The Morgan fingerprint density at radius 1 is 0.944 bits per heavy atom. The normalized spacial score (nSPS) is 10.3. The molecule has 0 saturated carbocycles. The average molecular weight is 259 g/mol. The average Bonchev–Trinajstić information content (AvgIpc) is 2.40. The van der Waals surface area contributed by atoms with E-state index in [0.717, 1.165) is 12.0 Å². The van der Waals surface area contributed by atoms with Crippen molar-refractivity contribution in [1.29, 1.82) is 0 Å². The number of benzene rings is 2. The molecule has 0 N–H and O–H groups in total. The van der Waals surface area contributed by atoms with Crippen LogP contribution in [0.2, 0.25) is 5.02 Å². The third kappa shape index (κ3) is 3.21. The number of Topliss-reactive ketones (excluding diaryl/α,β-unsaturated/α-hetero) is 1. The van der Waals surface area contributed by atoms with Gasteiger partial charge in [-0.3, -0.25) is 4.79 Å². The first kappa shape index (κ1) is 12.8. The van der Waals surface area contributed by atoms with Gasteiger partial charge in [0.15, 0.2) is 5.78 Å². The van der Waals surface area contributed by atoms with Gasteiger partial charge < -0.3 is 0 Å². The standard InChI is InChI=1S/C16H15ClO/c1-2-12-3-5-13(6-4-12)11-16(18)14-7-9-15(17)10-8-14/h3-10H,2,11H2,1H3. The second-order valence-electron chi connectivity index (χ2n) is 4.28. The molecule has 92 valence electrons. The van der Waals surface area contributed by atoms with Gasteiger partial charge in [0.05, 0.1) is 0 Å². The second kappa shape index (κ2) is 5.83. The zero-order valence-electron chi connectivity index (χ0n) is 10.3. The fourth-order valence-corrected chi connectivity index (χ4v) is 1.94. The maximum absolute atomic E-state index is 12.0. The van der Waals surface area contributed by atoms with Crippen molar-refractivity contribution in [2.75, 3.05) is 0 Å². The van der Waals surface area contributed by atoms with Crippen molar-refractivity contribution in [2.24, 2.45) is 0 Å². The van der Waals surface area contributed by atoms with Crippen LogP contribution in [0, 0.1) is 0 Å². The fourth-order valence-electron chi connectivity index (χ4n) is 1.82. The summed E-state index contributed by atoms with van der Waals surface area (Å²) in [5, 5.41) is 0.652. The molecule has 0 atom stereocenters. The predicted molar refractivity (Wildman–Crippen MR) is 75.3 cm³/mol. The fraction of sp³-hybridized carbons (Fsp3) is 0.188. The van der Waals surface area contributed by atoms with Crippen molar-refractivity contribution in [3.8, 4) is 0 Å². The molecule has 2 aromatic rings. The monoisotopic (exact) mass is 258 g/mol. The summed E-state index contributed by atoms with van der Waals surface area (Å²) in [6, 6.07) is 15.2. The Morgan fingerprint density at radius 3 is 2.06 bits per heavy atom. The molecule has 2 heteroatoms. The molecule has 0 saturated heterocycles. The number of rotatable bonds is 4. The molecule has 0 spiro atoms. The number of hydrogen-bond acceptors (Lipinski definition) is 1. The van der Waals surface area contributed by atoms with Crippen molar-refractivity contribution in [2.45, 2.75) is 19.8 Å². The lowest BCUT2D eigenvalue weighted by Gasteiger charge is -2.03. The van der Waals surface area contributed by atoms with Gasteiger partial charge >= 0.3 is 0 Å². The van der Waals surface area contributed by atoms with Crippen LogP contribution in [0.3, 0.4) is 0 Å². The first-order valence-electron chi connectivity index (χ1n) is 6.05. The first-order chi connectivity index (χ1) is 8.69. The quantitative estimate of drug-likeness (QED) is 0.746. The van der Waals surface area contributed by atoms with E-state index < -0.39 is 0 Å². The smallest absolute Gasteiger partial charge is 0.167 e. The third-order valence-electron chi connectivity index (χ3n) is 2.96. The molecule has 0 aliphatic rings. The van der Waals surface area contributed by atoms with Crippen LogP contribution in [0.5, 0.6) is 0 Å². The molecule has 0 amide bonds. The molecule has 2 aromatic carbocycles. The lowest BCUT2D eigenvalue weighted by Crippen LogP contribution is -2.03. The Labute approximate surface area is 112 Å². The van der Waals surface area contributed by atoms with E-state index in [2.05, 4.69) is 19.1 Å². The molecule has 1 nitrogen and oxygen atoms in total. The SMILES string of the molecule is CCc1ccc(CC(=O)c2ccc(Cl)cc2)cc1. The molecule has 2 rings (SSSR count). The summed E-state index contributed by atoms with van der Waals surface area (Å²) in [6.45, 7) is 2.12. The summed E-state index contributed by atoms with van der Waals surface area (Å²) in [6.07, 6.45) is 1.46. The Balaban J connectivity index is 2.08. The van der Waals surface area contributed by atoms with E-state index in [9.17, 15) is 4.79 Å². The minimum absolute atomic E-state index is 0.121. The first-order valence-corrected chi connectivity index (χ1v) is 6.43. The van der Waals surface area contributed by atoms with E-state index in [-0.39, 0.29) is 5.78 Å². The van der Waals surface area contributed by atoms with Gasteiger partial charge in [0, 0.05) is 17.0 Å². The Morgan fingerprint density at radius 2 is 1.50 bits per heavy atom. The van der Waals surface area contributed by atoms with Crippen LogP contribution < -0.4 is 0 Å². The summed E-state index contributed by atoms with van der Waals surface area (Å²) in [4.78, 5) is 12.0. The number of carbonyl (C=O) groups excluding carboxylic acids is 1. The van der Waals surface area contributed by atoms with Crippen LogP contribution in [-0.4, -0.2) is 5.78 Å². The zero-order valence-corrected chi connectivity index (χ0v) is 11.1. The van der Waals surface area contributed by atoms with E-state index in [1.807, 2.05) is 12.1 Å². The topological polar surface area (TPSA) is 17.1 Å². The minimum atomic E-state index is 0.121. The number of hydrogen-bond donors (Lipinski definition) is 0. The number of halogens is 1. The molecular weight excluding hydrogens is 244 g/mol. The minimum Gasteiger partial charge on any atom is -0.294 e. The summed E-state index contributed by atoms with van der Waals surface area (Å²) in [5.74, 6) is 0.121. The molecular formula is C16H15ClO. The highest BCUT2D eigenvalue weighted by Crippen LogP contribution is 2.13. The maximum Gasteiger partial charge on any atom is 0.167 e. The predicted octanol–water partition coefficient (Wildman–Crippen LogP) is 4.33. The van der Waals surface area contributed by atoms with Crippen LogP contribution in [0.25, 0.3) is 0 Å². The van der Waals surface area contributed by atoms with Crippen LogP contribution >= 0.6 is 11.6 Å². The van der Waals surface area contributed by atoms with Gasteiger partial charge in [-0.15, -0.1) is 0 Å². The second-order valence-corrected chi connectivity index (χ2v) is 4.71. The molecule has 0 heterocycles. The molecule has 0 unspecified atom stereocenters. The van der Waals surface area contributed by atoms with Gasteiger partial charge in [-0.25, -0.2) is 0 Å². The van der Waals surface area contributed by atoms with Crippen LogP contribution in [0.15, 0.2) is 48.5 Å². The summed E-state index contributed by atoms with van der Waals surface area (Å²) in [7, 11) is 0. The zero-order chi connectivity index (χ0) is 13.0. The molecule has 0 bridgehead atoms. The van der Waals surface area contributed by atoms with E-state index in [1.54, 1.807) is 24.3 Å². The number of carbonyl (C=O) groups is 1. The number of aryl methyl sites for hydroxylation is 1. The van der Waals surface area contributed by atoms with Crippen molar-refractivity contribution < 1.29 is 4.79 Å². The Hall–Kier alpha value is -1.60. The van der Waals surface area contributed by atoms with Crippen molar-refractivity contribution >= 4 is 17.4 Å². The largest absolute Gasteiger partial charge is 0.294 e. The lowest BCUT2D eigenvalue weighted by atomic mass is 10.0.